The standard InChI is InChI=1S/C18H14Cl2O4/c19-14-3-1-2-12(8-14)4-5-17(21)24-11-13-9-15(20)18-16(10-13)22-6-7-23-18/h1-5,8-10H,6-7,11H2/b5-4+. The Morgan fingerprint density at radius 1 is 1.17 bits per heavy atom. The van der Waals surface area contributed by atoms with Gasteiger partial charge in [0.1, 0.15) is 19.8 Å². The van der Waals surface area contributed by atoms with E-state index in [4.69, 9.17) is 37.4 Å². The summed E-state index contributed by atoms with van der Waals surface area (Å²) >= 11 is 12.0. The van der Waals surface area contributed by atoms with Crippen LogP contribution in [0.25, 0.3) is 6.08 Å². The minimum Gasteiger partial charge on any atom is -0.486 e. The predicted molar refractivity (Wildman–Crippen MR) is 92.7 cm³/mol. The van der Waals surface area contributed by atoms with Gasteiger partial charge < -0.3 is 14.2 Å². The Labute approximate surface area is 149 Å². The van der Waals surface area contributed by atoms with E-state index >= 15 is 0 Å². The third-order valence-electron chi connectivity index (χ3n) is 3.30. The molecular formula is C18H14Cl2O4. The number of esters is 1. The Balaban J connectivity index is 1.61. The van der Waals surface area contributed by atoms with Crippen LogP contribution in [0, 0.1) is 0 Å². The van der Waals surface area contributed by atoms with Crippen LogP contribution in [-0.4, -0.2) is 19.2 Å². The van der Waals surface area contributed by atoms with Gasteiger partial charge in [-0.05, 0) is 41.5 Å². The summed E-state index contributed by atoms with van der Waals surface area (Å²) < 4.78 is 16.1. The SMILES string of the molecule is O=C(/C=C/c1cccc(Cl)c1)OCc1cc(Cl)c2c(c1)OCCO2. The zero-order valence-corrected chi connectivity index (χ0v) is 14.1. The lowest BCUT2D eigenvalue weighted by atomic mass is 10.2. The second kappa shape index (κ2) is 7.60. The molecule has 3 rings (SSSR count). The summed E-state index contributed by atoms with van der Waals surface area (Å²) in [5, 5.41) is 1.05. The van der Waals surface area contributed by atoms with Crippen LogP contribution in [-0.2, 0) is 16.1 Å². The van der Waals surface area contributed by atoms with Gasteiger partial charge in [0.2, 0.25) is 0 Å². The molecule has 0 atom stereocenters. The lowest BCUT2D eigenvalue weighted by molar-refractivity contribution is -0.138. The first-order valence-electron chi connectivity index (χ1n) is 7.30. The molecule has 0 amide bonds. The molecule has 24 heavy (non-hydrogen) atoms. The number of hydrogen-bond donors (Lipinski definition) is 0. The number of hydrogen-bond acceptors (Lipinski definition) is 4. The summed E-state index contributed by atoms with van der Waals surface area (Å²) in [5.74, 6) is 0.633. The monoisotopic (exact) mass is 364 g/mol. The molecule has 6 heteroatoms. The third kappa shape index (κ3) is 4.22. The number of benzene rings is 2. The van der Waals surface area contributed by atoms with Crippen LogP contribution in [0.5, 0.6) is 11.5 Å². The van der Waals surface area contributed by atoms with Crippen molar-refractivity contribution < 1.29 is 19.0 Å². The average Bonchev–Trinajstić information content (AvgIpc) is 2.58. The van der Waals surface area contributed by atoms with Gasteiger partial charge in [-0.2, -0.15) is 0 Å². The number of halogens is 2. The van der Waals surface area contributed by atoms with Crippen molar-refractivity contribution >= 4 is 35.2 Å². The van der Waals surface area contributed by atoms with Crippen molar-refractivity contribution in [2.24, 2.45) is 0 Å². The quantitative estimate of drug-likeness (QED) is 0.590. The van der Waals surface area contributed by atoms with E-state index in [9.17, 15) is 4.79 Å². The molecule has 0 spiro atoms. The molecule has 0 aromatic heterocycles. The van der Waals surface area contributed by atoms with E-state index in [1.54, 1.807) is 30.3 Å². The van der Waals surface area contributed by atoms with E-state index in [-0.39, 0.29) is 6.61 Å². The summed E-state index contributed by atoms with van der Waals surface area (Å²) in [5.41, 5.74) is 1.55. The molecule has 2 aromatic rings. The zero-order valence-electron chi connectivity index (χ0n) is 12.6. The van der Waals surface area contributed by atoms with E-state index in [1.165, 1.54) is 6.08 Å². The van der Waals surface area contributed by atoms with Gasteiger partial charge in [0.05, 0.1) is 5.02 Å². The molecular weight excluding hydrogens is 351 g/mol. The van der Waals surface area contributed by atoms with Crippen molar-refractivity contribution in [3.8, 4) is 11.5 Å². The molecule has 0 unspecified atom stereocenters. The average molecular weight is 365 g/mol. The normalized spacial score (nSPS) is 13.1. The summed E-state index contributed by atoms with van der Waals surface area (Å²) in [6.45, 7) is 1.03. The second-order valence-electron chi connectivity index (χ2n) is 5.10. The van der Waals surface area contributed by atoms with E-state index in [2.05, 4.69) is 0 Å². The number of carbonyl (C=O) groups is 1. The Morgan fingerprint density at radius 2 is 2.00 bits per heavy atom. The molecule has 0 aliphatic carbocycles. The Morgan fingerprint density at radius 3 is 2.83 bits per heavy atom. The number of ether oxygens (including phenoxy) is 3. The highest BCUT2D eigenvalue weighted by atomic mass is 35.5. The topological polar surface area (TPSA) is 44.8 Å². The highest BCUT2D eigenvalue weighted by molar-refractivity contribution is 6.32. The lowest BCUT2D eigenvalue weighted by Crippen LogP contribution is -2.16. The van der Waals surface area contributed by atoms with Crippen molar-refractivity contribution in [2.75, 3.05) is 13.2 Å². The Kier molecular flexibility index (Phi) is 5.28. The lowest BCUT2D eigenvalue weighted by Gasteiger charge is -2.20. The van der Waals surface area contributed by atoms with E-state index < -0.39 is 5.97 Å². The van der Waals surface area contributed by atoms with Gasteiger partial charge in [-0.1, -0.05) is 35.3 Å². The molecule has 2 aromatic carbocycles. The van der Waals surface area contributed by atoms with Gasteiger partial charge >= 0.3 is 5.97 Å². The molecule has 1 aliphatic heterocycles. The predicted octanol–water partition coefficient (Wildman–Crippen LogP) is 4.52. The molecule has 1 aliphatic rings. The molecule has 0 saturated carbocycles. The summed E-state index contributed by atoms with van der Waals surface area (Å²) in [4.78, 5) is 11.8. The van der Waals surface area contributed by atoms with Crippen LogP contribution in [0.1, 0.15) is 11.1 Å². The molecule has 1 heterocycles. The first kappa shape index (κ1) is 16.7. The third-order valence-corrected chi connectivity index (χ3v) is 3.81. The van der Waals surface area contributed by atoms with Gasteiger partial charge in [-0.15, -0.1) is 0 Å². The molecule has 124 valence electrons. The molecule has 0 fully saturated rings. The molecule has 0 bridgehead atoms. The van der Waals surface area contributed by atoms with Gasteiger partial charge in [-0.25, -0.2) is 4.79 Å². The van der Waals surface area contributed by atoms with Gasteiger partial charge in [0, 0.05) is 11.1 Å². The van der Waals surface area contributed by atoms with Crippen LogP contribution in [0.3, 0.4) is 0 Å². The van der Waals surface area contributed by atoms with Crippen LogP contribution >= 0.6 is 23.2 Å². The van der Waals surface area contributed by atoms with E-state index in [1.807, 2.05) is 12.1 Å². The highest BCUT2D eigenvalue weighted by Crippen LogP contribution is 2.38. The van der Waals surface area contributed by atoms with Crippen LogP contribution < -0.4 is 9.47 Å². The molecule has 4 nitrogen and oxygen atoms in total. The first-order valence-corrected chi connectivity index (χ1v) is 8.06. The summed E-state index contributed by atoms with van der Waals surface area (Å²) in [7, 11) is 0. The fraction of sp³-hybridized carbons (Fsp3) is 0.167. The second-order valence-corrected chi connectivity index (χ2v) is 5.94. The van der Waals surface area contributed by atoms with Crippen LogP contribution in [0.15, 0.2) is 42.5 Å². The zero-order chi connectivity index (χ0) is 16.9. The van der Waals surface area contributed by atoms with Crippen molar-refractivity contribution in [1.82, 2.24) is 0 Å². The molecule has 0 N–H and O–H groups in total. The maximum atomic E-state index is 11.8. The Bertz CT molecular complexity index is 787. The van der Waals surface area contributed by atoms with Crippen molar-refractivity contribution in [3.63, 3.8) is 0 Å². The number of carbonyl (C=O) groups excluding carboxylic acids is 1. The van der Waals surface area contributed by atoms with Crippen molar-refractivity contribution in [2.45, 2.75) is 6.61 Å². The highest BCUT2D eigenvalue weighted by Gasteiger charge is 2.17. The molecule has 0 saturated heterocycles. The van der Waals surface area contributed by atoms with Crippen molar-refractivity contribution in [1.29, 1.82) is 0 Å². The van der Waals surface area contributed by atoms with Gasteiger partial charge in [0.25, 0.3) is 0 Å². The Hall–Kier alpha value is -2.17. The maximum absolute atomic E-state index is 11.8. The minimum atomic E-state index is -0.457. The van der Waals surface area contributed by atoms with Gasteiger partial charge in [0.15, 0.2) is 11.5 Å². The van der Waals surface area contributed by atoms with Crippen LogP contribution in [0.2, 0.25) is 10.0 Å². The summed E-state index contributed by atoms with van der Waals surface area (Å²) in [6.07, 6.45) is 3.00. The van der Waals surface area contributed by atoms with Crippen molar-refractivity contribution in [3.05, 3.63) is 63.6 Å². The smallest absolute Gasteiger partial charge is 0.331 e. The maximum Gasteiger partial charge on any atom is 0.331 e. The fourth-order valence-corrected chi connectivity index (χ4v) is 2.71. The van der Waals surface area contributed by atoms with Gasteiger partial charge in [-0.3, -0.25) is 0 Å². The number of fused-ring (bicyclic) bond motifs is 1. The van der Waals surface area contributed by atoms with Crippen LogP contribution in [0.4, 0.5) is 0 Å². The number of rotatable bonds is 4. The largest absolute Gasteiger partial charge is 0.486 e. The van der Waals surface area contributed by atoms with E-state index in [0.717, 1.165) is 11.1 Å². The fourth-order valence-electron chi connectivity index (χ4n) is 2.22. The summed E-state index contributed by atoms with van der Waals surface area (Å²) in [6, 6.07) is 10.6. The first-order chi connectivity index (χ1) is 11.6. The van der Waals surface area contributed by atoms with E-state index in [0.29, 0.717) is 34.8 Å². The molecule has 0 radical (unpaired) electrons. The minimum absolute atomic E-state index is 0.0923.